The molecule has 0 aliphatic heterocycles. The molecule has 2 aromatic rings. The van der Waals surface area contributed by atoms with E-state index in [1.54, 1.807) is 11.3 Å². The van der Waals surface area contributed by atoms with E-state index in [0.717, 1.165) is 21.4 Å². The van der Waals surface area contributed by atoms with Crippen LogP contribution < -0.4 is 5.73 Å². The third kappa shape index (κ3) is 2.22. The van der Waals surface area contributed by atoms with Gasteiger partial charge >= 0.3 is 0 Å². The SMILES string of the molecule is CCC(CN)c1nc2cc(Br)ccc2s1. The van der Waals surface area contributed by atoms with Gasteiger partial charge in [-0.25, -0.2) is 4.98 Å². The van der Waals surface area contributed by atoms with Crippen LogP contribution in [0.1, 0.15) is 24.3 Å². The number of thiazole rings is 1. The Kier molecular flexibility index (Phi) is 3.38. The molecule has 0 radical (unpaired) electrons. The van der Waals surface area contributed by atoms with Crippen molar-refractivity contribution in [3.8, 4) is 0 Å². The summed E-state index contributed by atoms with van der Waals surface area (Å²) in [6, 6.07) is 6.20. The third-order valence-corrected chi connectivity index (χ3v) is 4.18. The van der Waals surface area contributed by atoms with E-state index in [4.69, 9.17) is 5.73 Å². The Morgan fingerprint density at radius 3 is 3.00 bits per heavy atom. The first kappa shape index (κ1) is 11.0. The molecule has 1 aromatic heterocycles. The van der Waals surface area contributed by atoms with Gasteiger partial charge in [-0.3, -0.25) is 0 Å². The van der Waals surface area contributed by atoms with E-state index in [1.807, 2.05) is 6.07 Å². The van der Waals surface area contributed by atoms with E-state index in [-0.39, 0.29) is 0 Å². The monoisotopic (exact) mass is 284 g/mol. The van der Waals surface area contributed by atoms with Crippen molar-refractivity contribution < 1.29 is 0 Å². The third-order valence-electron chi connectivity index (χ3n) is 2.49. The fourth-order valence-electron chi connectivity index (χ4n) is 1.54. The highest BCUT2D eigenvalue weighted by atomic mass is 79.9. The van der Waals surface area contributed by atoms with Crippen LogP contribution in [-0.4, -0.2) is 11.5 Å². The number of hydrogen-bond donors (Lipinski definition) is 1. The second-order valence-electron chi connectivity index (χ2n) is 3.51. The number of nitrogens with zero attached hydrogens (tertiary/aromatic N) is 1. The average Bonchev–Trinajstić information content (AvgIpc) is 2.62. The lowest BCUT2D eigenvalue weighted by Gasteiger charge is -2.06. The molecule has 1 atom stereocenters. The highest BCUT2D eigenvalue weighted by Gasteiger charge is 2.12. The molecule has 1 aromatic carbocycles. The fraction of sp³-hybridized carbons (Fsp3) is 0.364. The zero-order valence-corrected chi connectivity index (χ0v) is 10.9. The zero-order valence-electron chi connectivity index (χ0n) is 8.53. The van der Waals surface area contributed by atoms with Crippen LogP contribution in [0.25, 0.3) is 10.2 Å². The number of benzene rings is 1. The Morgan fingerprint density at radius 1 is 1.53 bits per heavy atom. The van der Waals surface area contributed by atoms with Gasteiger partial charge in [0.1, 0.15) is 0 Å². The minimum atomic E-state index is 0.404. The van der Waals surface area contributed by atoms with Crippen LogP contribution in [0, 0.1) is 0 Å². The van der Waals surface area contributed by atoms with Gasteiger partial charge in [-0.2, -0.15) is 0 Å². The van der Waals surface area contributed by atoms with E-state index in [0.29, 0.717) is 12.5 Å². The summed E-state index contributed by atoms with van der Waals surface area (Å²) >= 11 is 5.20. The van der Waals surface area contributed by atoms with Crippen molar-refractivity contribution in [1.29, 1.82) is 0 Å². The predicted molar refractivity (Wildman–Crippen MR) is 69.4 cm³/mol. The Labute approximate surface area is 102 Å². The molecule has 0 saturated carbocycles. The molecule has 0 aliphatic carbocycles. The number of nitrogens with two attached hydrogens (primary N) is 1. The summed E-state index contributed by atoms with van der Waals surface area (Å²) in [4.78, 5) is 4.62. The molecule has 0 fully saturated rings. The molecule has 1 heterocycles. The topological polar surface area (TPSA) is 38.9 Å². The fourth-order valence-corrected chi connectivity index (χ4v) is 3.03. The zero-order chi connectivity index (χ0) is 10.8. The Bertz CT molecular complexity index is 463. The molecule has 1 unspecified atom stereocenters. The summed E-state index contributed by atoms with van der Waals surface area (Å²) in [5, 5.41) is 1.16. The van der Waals surface area contributed by atoms with Gasteiger partial charge in [0.2, 0.25) is 0 Å². The van der Waals surface area contributed by atoms with Crippen molar-refractivity contribution in [2.75, 3.05) is 6.54 Å². The lowest BCUT2D eigenvalue weighted by Crippen LogP contribution is -2.10. The lowest BCUT2D eigenvalue weighted by atomic mass is 10.1. The van der Waals surface area contributed by atoms with Crippen molar-refractivity contribution in [2.24, 2.45) is 5.73 Å². The summed E-state index contributed by atoms with van der Waals surface area (Å²) in [6.07, 6.45) is 1.05. The van der Waals surface area contributed by atoms with E-state index < -0.39 is 0 Å². The molecular formula is C11H13BrN2S. The first-order valence-electron chi connectivity index (χ1n) is 5.00. The second kappa shape index (κ2) is 4.60. The quantitative estimate of drug-likeness (QED) is 0.937. The van der Waals surface area contributed by atoms with Crippen LogP contribution in [0.3, 0.4) is 0 Å². The Balaban J connectivity index is 2.46. The number of aromatic nitrogens is 1. The van der Waals surface area contributed by atoms with Crippen LogP contribution >= 0.6 is 27.3 Å². The normalized spacial score (nSPS) is 13.3. The standard InChI is InChI=1S/C11H13BrN2S/c1-2-7(6-13)11-14-9-5-8(12)3-4-10(9)15-11/h3-5,7H,2,6,13H2,1H3. The first-order chi connectivity index (χ1) is 7.24. The van der Waals surface area contributed by atoms with Gasteiger partial charge in [0.15, 0.2) is 0 Å². The van der Waals surface area contributed by atoms with Crippen LogP contribution in [0.2, 0.25) is 0 Å². The maximum absolute atomic E-state index is 5.72. The molecular weight excluding hydrogens is 272 g/mol. The van der Waals surface area contributed by atoms with E-state index >= 15 is 0 Å². The van der Waals surface area contributed by atoms with Crippen molar-refractivity contribution in [3.05, 3.63) is 27.7 Å². The highest BCUT2D eigenvalue weighted by molar-refractivity contribution is 9.10. The van der Waals surface area contributed by atoms with Crippen LogP contribution in [0.15, 0.2) is 22.7 Å². The van der Waals surface area contributed by atoms with Crippen molar-refractivity contribution in [3.63, 3.8) is 0 Å². The molecule has 4 heteroatoms. The number of fused-ring (bicyclic) bond motifs is 1. The average molecular weight is 285 g/mol. The van der Waals surface area contributed by atoms with Gasteiger partial charge in [0.25, 0.3) is 0 Å². The maximum Gasteiger partial charge on any atom is 0.0982 e. The van der Waals surface area contributed by atoms with Gasteiger partial charge in [-0.05, 0) is 24.6 Å². The lowest BCUT2D eigenvalue weighted by molar-refractivity contribution is 0.671. The summed E-state index contributed by atoms with van der Waals surface area (Å²) in [5.41, 5.74) is 6.79. The first-order valence-corrected chi connectivity index (χ1v) is 6.61. The minimum Gasteiger partial charge on any atom is -0.330 e. The molecule has 0 amide bonds. The van der Waals surface area contributed by atoms with Crippen LogP contribution in [0.5, 0.6) is 0 Å². The van der Waals surface area contributed by atoms with Gasteiger partial charge < -0.3 is 5.73 Å². The molecule has 2 nitrogen and oxygen atoms in total. The summed E-state index contributed by atoms with van der Waals surface area (Å²) in [7, 11) is 0. The summed E-state index contributed by atoms with van der Waals surface area (Å²) in [5.74, 6) is 0.404. The molecule has 0 bridgehead atoms. The van der Waals surface area contributed by atoms with Gasteiger partial charge in [0.05, 0.1) is 15.2 Å². The Morgan fingerprint density at radius 2 is 2.33 bits per heavy atom. The largest absolute Gasteiger partial charge is 0.330 e. The van der Waals surface area contributed by atoms with Crippen molar-refractivity contribution >= 4 is 37.5 Å². The van der Waals surface area contributed by atoms with Gasteiger partial charge in [-0.1, -0.05) is 22.9 Å². The molecule has 15 heavy (non-hydrogen) atoms. The van der Waals surface area contributed by atoms with Gasteiger partial charge in [-0.15, -0.1) is 11.3 Å². The molecule has 80 valence electrons. The number of rotatable bonds is 3. The van der Waals surface area contributed by atoms with E-state index in [9.17, 15) is 0 Å². The van der Waals surface area contributed by atoms with Crippen LogP contribution in [-0.2, 0) is 0 Å². The maximum atomic E-state index is 5.72. The van der Waals surface area contributed by atoms with Crippen LogP contribution in [0.4, 0.5) is 0 Å². The van der Waals surface area contributed by atoms with E-state index in [2.05, 4.69) is 40.0 Å². The van der Waals surface area contributed by atoms with Crippen molar-refractivity contribution in [2.45, 2.75) is 19.3 Å². The number of halogens is 1. The molecule has 0 aliphatic rings. The minimum absolute atomic E-state index is 0.404. The smallest absolute Gasteiger partial charge is 0.0982 e. The predicted octanol–water partition coefficient (Wildman–Crippen LogP) is 3.51. The molecule has 2 N–H and O–H groups in total. The Hall–Kier alpha value is -0.450. The second-order valence-corrected chi connectivity index (χ2v) is 5.48. The van der Waals surface area contributed by atoms with Gasteiger partial charge in [0, 0.05) is 16.9 Å². The summed E-state index contributed by atoms with van der Waals surface area (Å²) < 4.78 is 2.31. The van der Waals surface area contributed by atoms with Crippen molar-refractivity contribution in [1.82, 2.24) is 4.98 Å². The molecule has 2 rings (SSSR count). The highest BCUT2D eigenvalue weighted by Crippen LogP contribution is 2.30. The molecule has 0 spiro atoms. The molecule has 0 saturated heterocycles. The van der Waals surface area contributed by atoms with E-state index in [1.165, 1.54) is 4.70 Å². The summed E-state index contributed by atoms with van der Waals surface area (Å²) in [6.45, 7) is 2.83. The number of hydrogen-bond acceptors (Lipinski definition) is 3.